The summed E-state index contributed by atoms with van der Waals surface area (Å²) in [6, 6.07) is 18.3. The molecule has 0 spiro atoms. The Hall–Kier alpha value is -4.46. The van der Waals surface area contributed by atoms with Crippen LogP contribution in [0.2, 0.25) is 0 Å². The number of hydrogen-bond donors (Lipinski definition) is 1. The van der Waals surface area contributed by atoms with E-state index in [4.69, 9.17) is 19.2 Å². The van der Waals surface area contributed by atoms with E-state index < -0.39 is 0 Å². The highest BCUT2D eigenvalue weighted by Crippen LogP contribution is 2.41. The van der Waals surface area contributed by atoms with E-state index in [1.807, 2.05) is 42.5 Å². The smallest absolute Gasteiger partial charge is 0.272 e. The Kier molecular flexibility index (Phi) is 6.68. The van der Waals surface area contributed by atoms with Gasteiger partial charge < -0.3 is 14.2 Å². The molecule has 0 radical (unpaired) electrons. The molecule has 8 heteroatoms. The predicted molar refractivity (Wildman–Crippen MR) is 131 cm³/mol. The summed E-state index contributed by atoms with van der Waals surface area (Å²) in [6.07, 6.45) is 1.68. The van der Waals surface area contributed by atoms with Crippen LogP contribution >= 0.6 is 0 Å². The van der Waals surface area contributed by atoms with E-state index in [9.17, 15) is 4.79 Å². The minimum absolute atomic E-state index is 0.359. The minimum Gasteiger partial charge on any atom is -0.493 e. The standard InChI is InChI=1S/C26H24N4O4/c1-16(20-10-7-8-12-27-20)29-30-26(31)19-15-22(28-21-11-6-5-9-18(19)21)17-13-23(32-2)25(34-4)24(14-17)33-3/h5-15H,1-4H3,(H,30,31)/b29-16+. The normalized spacial score (nSPS) is 11.2. The van der Waals surface area contributed by atoms with Crippen molar-refractivity contribution in [2.45, 2.75) is 6.92 Å². The molecule has 1 amide bonds. The Morgan fingerprint density at radius 3 is 2.26 bits per heavy atom. The van der Waals surface area contributed by atoms with Gasteiger partial charge in [-0.15, -0.1) is 0 Å². The summed E-state index contributed by atoms with van der Waals surface area (Å²) in [7, 11) is 4.65. The first-order valence-corrected chi connectivity index (χ1v) is 10.5. The number of benzene rings is 2. The maximum absolute atomic E-state index is 13.2. The van der Waals surface area contributed by atoms with E-state index in [0.717, 1.165) is 0 Å². The molecule has 0 saturated heterocycles. The number of rotatable bonds is 7. The first-order valence-electron chi connectivity index (χ1n) is 10.5. The topological polar surface area (TPSA) is 94.9 Å². The van der Waals surface area contributed by atoms with Gasteiger partial charge in [-0.1, -0.05) is 24.3 Å². The van der Waals surface area contributed by atoms with Crippen molar-refractivity contribution < 1.29 is 19.0 Å². The van der Waals surface area contributed by atoms with Crippen LogP contribution in [-0.2, 0) is 0 Å². The molecule has 2 aromatic carbocycles. The van der Waals surface area contributed by atoms with Crippen molar-refractivity contribution in [3.63, 3.8) is 0 Å². The molecule has 0 aliphatic carbocycles. The Balaban J connectivity index is 1.78. The summed E-state index contributed by atoms with van der Waals surface area (Å²) in [5.41, 5.74) is 6.31. The van der Waals surface area contributed by atoms with E-state index >= 15 is 0 Å². The minimum atomic E-state index is -0.359. The van der Waals surface area contributed by atoms with Crippen LogP contribution in [-0.4, -0.2) is 42.9 Å². The van der Waals surface area contributed by atoms with Gasteiger partial charge in [0.2, 0.25) is 5.75 Å². The fraction of sp³-hybridized carbons (Fsp3) is 0.154. The van der Waals surface area contributed by atoms with Crippen LogP contribution in [0.25, 0.3) is 22.2 Å². The second-order valence-electron chi connectivity index (χ2n) is 7.34. The summed E-state index contributed by atoms with van der Waals surface area (Å²) < 4.78 is 16.4. The zero-order valence-corrected chi connectivity index (χ0v) is 19.3. The number of ether oxygens (including phenoxy) is 3. The molecular formula is C26H24N4O4. The zero-order chi connectivity index (χ0) is 24.1. The summed E-state index contributed by atoms with van der Waals surface area (Å²) in [5.74, 6) is 1.11. The number of fused-ring (bicyclic) bond motifs is 1. The van der Waals surface area contributed by atoms with Gasteiger partial charge in [-0.05, 0) is 43.3 Å². The van der Waals surface area contributed by atoms with Crippen LogP contribution in [0.5, 0.6) is 17.2 Å². The summed E-state index contributed by atoms with van der Waals surface area (Å²) in [6.45, 7) is 1.79. The highest BCUT2D eigenvalue weighted by atomic mass is 16.5. The van der Waals surface area contributed by atoms with Crippen molar-refractivity contribution in [1.82, 2.24) is 15.4 Å². The average molecular weight is 457 g/mol. The number of carbonyl (C=O) groups is 1. The zero-order valence-electron chi connectivity index (χ0n) is 19.3. The molecule has 0 aliphatic rings. The van der Waals surface area contributed by atoms with Crippen molar-refractivity contribution in [3.8, 4) is 28.5 Å². The van der Waals surface area contributed by atoms with Crippen LogP contribution < -0.4 is 19.6 Å². The number of carbonyl (C=O) groups excluding carboxylic acids is 1. The number of pyridine rings is 2. The number of methoxy groups -OCH3 is 3. The fourth-order valence-electron chi connectivity index (χ4n) is 3.57. The van der Waals surface area contributed by atoms with Gasteiger partial charge in [-0.25, -0.2) is 10.4 Å². The molecule has 2 heterocycles. The van der Waals surface area contributed by atoms with Crippen molar-refractivity contribution >= 4 is 22.5 Å². The molecule has 172 valence electrons. The maximum atomic E-state index is 13.2. The van der Waals surface area contributed by atoms with Crippen molar-refractivity contribution in [3.05, 3.63) is 78.1 Å². The van der Waals surface area contributed by atoms with Crippen molar-refractivity contribution in [2.24, 2.45) is 5.10 Å². The number of aromatic nitrogens is 2. The first kappa shape index (κ1) is 22.7. The number of nitrogens with zero attached hydrogens (tertiary/aromatic N) is 3. The molecule has 8 nitrogen and oxygen atoms in total. The van der Waals surface area contributed by atoms with Gasteiger partial charge in [0.05, 0.1) is 49.5 Å². The van der Waals surface area contributed by atoms with Crippen LogP contribution in [0.15, 0.2) is 72.0 Å². The second kappa shape index (κ2) is 9.99. The van der Waals surface area contributed by atoms with Gasteiger partial charge in [0.15, 0.2) is 11.5 Å². The Bertz CT molecular complexity index is 1350. The van der Waals surface area contributed by atoms with Crippen LogP contribution in [0.1, 0.15) is 23.0 Å². The summed E-state index contributed by atoms with van der Waals surface area (Å²) in [4.78, 5) is 22.2. The summed E-state index contributed by atoms with van der Waals surface area (Å²) in [5, 5.41) is 4.95. The Morgan fingerprint density at radius 2 is 1.62 bits per heavy atom. The summed E-state index contributed by atoms with van der Waals surface area (Å²) >= 11 is 0. The Morgan fingerprint density at radius 1 is 0.912 bits per heavy atom. The van der Waals surface area contributed by atoms with Crippen LogP contribution in [0.3, 0.4) is 0 Å². The average Bonchev–Trinajstić information content (AvgIpc) is 2.90. The molecule has 1 N–H and O–H groups in total. The molecule has 0 bridgehead atoms. The van der Waals surface area contributed by atoms with Crippen LogP contribution in [0.4, 0.5) is 0 Å². The highest BCUT2D eigenvalue weighted by molar-refractivity contribution is 6.08. The Labute approximate surface area is 197 Å². The van der Waals surface area contributed by atoms with E-state index in [2.05, 4.69) is 15.5 Å². The molecule has 0 unspecified atom stereocenters. The molecule has 0 fully saturated rings. The molecule has 4 rings (SSSR count). The lowest BCUT2D eigenvalue weighted by Gasteiger charge is -2.15. The number of hydrazone groups is 1. The van der Waals surface area contributed by atoms with Gasteiger partial charge >= 0.3 is 0 Å². The molecule has 0 saturated carbocycles. The lowest BCUT2D eigenvalue weighted by atomic mass is 10.0. The van der Waals surface area contributed by atoms with Gasteiger partial charge in [0.1, 0.15) is 0 Å². The molecule has 0 aliphatic heterocycles. The highest BCUT2D eigenvalue weighted by Gasteiger charge is 2.18. The molecule has 34 heavy (non-hydrogen) atoms. The van der Waals surface area contributed by atoms with Gasteiger partial charge in [-0.2, -0.15) is 5.10 Å². The lowest BCUT2D eigenvalue weighted by Crippen LogP contribution is -2.20. The lowest BCUT2D eigenvalue weighted by molar-refractivity contribution is 0.0956. The quantitative estimate of drug-likeness (QED) is 0.326. The second-order valence-corrected chi connectivity index (χ2v) is 7.34. The fourth-order valence-corrected chi connectivity index (χ4v) is 3.57. The van der Waals surface area contributed by atoms with Gasteiger partial charge in [-0.3, -0.25) is 9.78 Å². The van der Waals surface area contributed by atoms with Crippen molar-refractivity contribution in [1.29, 1.82) is 0 Å². The largest absolute Gasteiger partial charge is 0.493 e. The number of hydrogen-bond acceptors (Lipinski definition) is 7. The predicted octanol–water partition coefficient (Wildman–Crippen LogP) is 4.48. The molecular weight excluding hydrogens is 432 g/mol. The van der Waals surface area contributed by atoms with Crippen molar-refractivity contribution in [2.75, 3.05) is 21.3 Å². The van der Waals surface area contributed by atoms with E-state index in [1.165, 1.54) is 0 Å². The van der Waals surface area contributed by atoms with Gasteiger partial charge in [0, 0.05) is 17.1 Å². The van der Waals surface area contributed by atoms with Crippen LogP contribution in [0, 0.1) is 0 Å². The monoisotopic (exact) mass is 456 g/mol. The third kappa shape index (κ3) is 4.52. The maximum Gasteiger partial charge on any atom is 0.272 e. The number of para-hydroxylation sites is 1. The van der Waals surface area contributed by atoms with E-state index in [1.54, 1.807) is 52.6 Å². The number of amides is 1. The third-order valence-electron chi connectivity index (χ3n) is 5.28. The third-order valence-corrected chi connectivity index (χ3v) is 5.28. The first-order chi connectivity index (χ1) is 16.5. The SMILES string of the molecule is COc1cc(-c2cc(C(=O)N/N=C(\C)c3ccccn3)c3ccccc3n2)cc(OC)c1OC. The van der Waals surface area contributed by atoms with E-state index in [0.29, 0.717) is 56.4 Å². The van der Waals surface area contributed by atoms with Gasteiger partial charge in [0.25, 0.3) is 5.91 Å². The number of nitrogens with one attached hydrogen (secondary N) is 1. The molecule has 2 aromatic heterocycles. The van der Waals surface area contributed by atoms with E-state index in [-0.39, 0.29) is 5.91 Å². The molecule has 4 aromatic rings. The molecule has 0 atom stereocenters.